The number of rotatable bonds is 6. The van der Waals surface area contributed by atoms with Gasteiger partial charge in [-0.25, -0.2) is 0 Å². The van der Waals surface area contributed by atoms with Gasteiger partial charge in [0, 0.05) is 14.9 Å². The van der Waals surface area contributed by atoms with Crippen LogP contribution in [0.1, 0.15) is 49.9 Å². The van der Waals surface area contributed by atoms with Crippen molar-refractivity contribution in [3.8, 4) is 0 Å². The van der Waals surface area contributed by atoms with E-state index in [-0.39, 0.29) is 5.54 Å². The summed E-state index contributed by atoms with van der Waals surface area (Å²) < 4.78 is 1.26. The summed E-state index contributed by atoms with van der Waals surface area (Å²) in [5.41, 5.74) is 0.280. The molecule has 108 valence electrons. The van der Waals surface area contributed by atoms with Crippen molar-refractivity contribution in [2.45, 2.75) is 50.6 Å². The van der Waals surface area contributed by atoms with Crippen molar-refractivity contribution in [1.82, 2.24) is 10.2 Å². The first-order valence-electron chi connectivity index (χ1n) is 7.25. The maximum absolute atomic E-state index is 3.82. The molecular formula is C15H25BrN2S. The lowest BCUT2D eigenvalue weighted by Gasteiger charge is -2.43. The first-order valence-corrected chi connectivity index (χ1v) is 8.93. The molecular weight excluding hydrogens is 320 g/mol. The van der Waals surface area contributed by atoms with Crippen LogP contribution in [-0.4, -0.2) is 31.1 Å². The average Bonchev–Trinajstić information content (AvgIpc) is 3.01. The summed E-state index contributed by atoms with van der Waals surface area (Å²) in [7, 11) is 4.49. The average molecular weight is 345 g/mol. The summed E-state index contributed by atoms with van der Waals surface area (Å²) in [5.74, 6) is 0. The van der Waals surface area contributed by atoms with E-state index >= 15 is 0 Å². The number of thiophene rings is 1. The van der Waals surface area contributed by atoms with Gasteiger partial charge in [-0.15, -0.1) is 11.3 Å². The molecule has 0 spiro atoms. The minimum absolute atomic E-state index is 0.280. The highest BCUT2D eigenvalue weighted by atomic mass is 79.9. The van der Waals surface area contributed by atoms with Gasteiger partial charge in [0.2, 0.25) is 0 Å². The molecule has 0 aliphatic heterocycles. The Kier molecular flexibility index (Phi) is 5.46. The van der Waals surface area contributed by atoms with Crippen LogP contribution in [0.5, 0.6) is 0 Å². The van der Waals surface area contributed by atoms with Crippen LogP contribution < -0.4 is 5.32 Å². The molecule has 0 saturated heterocycles. The lowest BCUT2D eigenvalue weighted by Crippen LogP contribution is -2.52. The Bertz CT molecular complexity index is 397. The quantitative estimate of drug-likeness (QED) is 0.821. The second-order valence-corrected chi connectivity index (χ2v) is 7.53. The van der Waals surface area contributed by atoms with Gasteiger partial charge in [0.25, 0.3) is 0 Å². The summed E-state index contributed by atoms with van der Waals surface area (Å²) in [5, 5.41) is 6.01. The van der Waals surface area contributed by atoms with Gasteiger partial charge < -0.3 is 10.2 Å². The van der Waals surface area contributed by atoms with Gasteiger partial charge in [0.1, 0.15) is 0 Å². The zero-order valence-corrected chi connectivity index (χ0v) is 14.6. The molecule has 0 aromatic carbocycles. The second-order valence-electron chi connectivity index (χ2n) is 5.73. The number of nitrogens with zero attached hydrogens (tertiary/aromatic N) is 1. The van der Waals surface area contributed by atoms with E-state index in [1.165, 1.54) is 41.5 Å². The van der Waals surface area contributed by atoms with Crippen molar-refractivity contribution in [2.75, 3.05) is 20.6 Å². The molecule has 1 aromatic rings. The van der Waals surface area contributed by atoms with Crippen LogP contribution in [0.2, 0.25) is 0 Å². The third kappa shape index (κ3) is 3.07. The topological polar surface area (TPSA) is 15.3 Å². The van der Waals surface area contributed by atoms with Crippen LogP contribution in [0.25, 0.3) is 0 Å². The molecule has 2 nitrogen and oxygen atoms in total. The molecule has 1 heterocycles. The van der Waals surface area contributed by atoms with E-state index in [9.17, 15) is 0 Å². The fourth-order valence-electron chi connectivity index (χ4n) is 3.31. The maximum atomic E-state index is 3.82. The zero-order valence-electron chi connectivity index (χ0n) is 12.2. The molecule has 1 N–H and O–H groups in total. The van der Waals surface area contributed by atoms with E-state index in [0.717, 1.165) is 6.54 Å². The summed E-state index contributed by atoms with van der Waals surface area (Å²) in [4.78, 5) is 3.92. The van der Waals surface area contributed by atoms with E-state index in [2.05, 4.69) is 58.6 Å². The van der Waals surface area contributed by atoms with Crippen LogP contribution in [0.15, 0.2) is 15.9 Å². The molecule has 1 atom stereocenters. The lowest BCUT2D eigenvalue weighted by atomic mass is 9.85. The minimum Gasteiger partial charge on any atom is -0.308 e. The number of nitrogens with one attached hydrogen (secondary N) is 1. The summed E-state index contributed by atoms with van der Waals surface area (Å²) in [6, 6.07) is 2.62. The molecule has 1 aliphatic carbocycles. The van der Waals surface area contributed by atoms with Crippen LogP contribution in [0.3, 0.4) is 0 Å². The molecule has 4 heteroatoms. The maximum Gasteiger partial charge on any atom is 0.0613 e. The monoisotopic (exact) mass is 344 g/mol. The van der Waals surface area contributed by atoms with E-state index < -0.39 is 0 Å². The van der Waals surface area contributed by atoms with Gasteiger partial charge in [-0.05, 0) is 67.3 Å². The van der Waals surface area contributed by atoms with Crippen molar-refractivity contribution in [3.63, 3.8) is 0 Å². The van der Waals surface area contributed by atoms with Crippen molar-refractivity contribution < 1.29 is 0 Å². The highest BCUT2D eigenvalue weighted by molar-refractivity contribution is 9.10. The van der Waals surface area contributed by atoms with Crippen LogP contribution in [0.4, 0.5) is 0 Å². The first-order chi connectivity index (χ1) is 9.12. The second kappa shape index (κ2) is 6.70. The van der Waals surface area contributed by atoms with Gasteiger partial charge in [-0.1, -0.05) is 19.8 Å². The molecule has 0 radical (unpaired) electrons. The standard InChI is InChI=1S/C15H25BrN2S/c1-4-10-17-14(13-12(16)7-11-19-13)15(18(2)3)8-5-6-9-15/h7,11,14,17H,4-6,8-10H2,1-3H3. The van der Waals surface area contributed by atoms with E-state index in [1.807, 2.05) is 11.3 Å². The molecule has 1 fully saturated rings. The summed E-state index contributed by atoms with van der Waals surface area (Å²) in [6.07, 6.45) is 6.48. The molecule has 1 unspecified atom stereocenters. The fourth-order valence-corrected chi connectivity index (χ4v) is 5.09. The highest BCUT2D eigenvalue weighted by Gasteiger charge is 2.44. The fraction of sp³-hybridized carbons (Fsp3) is 0.733. The summed E-state index contributed by atoms with van der Waals surface area (Å²) >= 11 is 5.61. The molecule has 1 saturated carbocycles. The normalized spacial score (nSPS) is 20.1. The van der Waals surface area contributed by atoms with Gasteiger partial charge in [-0.2, -0.15) is 0 Å². The van der Waals surface area contributed by atoms with Crippen LogP contribution >= 0.6 is 27.3 Å². The smallest absolute Gasteiger partial charge is 0.0613 e. The molecule has 2 rings (SSSR count). The van der Waals surface area contributed by atoms with Gasteiger partial charge >= 0.3 is 0 Å². The summed E-state index contributed by atoms with van der Waals surface area (Å²) in [6.45, 7) is 3.33. The Hall–Kier alpha value is 0.1000. The number of hydrogen-bond donors (Lipinski definition) is 1. The molecule has 1 aliphatic rings. The molecule has 0 amide bonds. The predicted molar refractivity (Wildman–Crippen MR) is 87.9 cm³/mol. The Labute approximate surface area is 129 Å². The van der Waals surface area contributed by atoms with Crippen molar-refractivity contribution >= 4 is 27.3 Å². The van der Waals surface area contributed by atoms with Gasteiger partial charge in [-0.3, -0.25) is 0 Å². The molecule has 0 bridgehead atoms. The van der Waals surface area contributed by atoms with Crippen molar-refractivity contribution in [3.05, 3.63) is 20.8 Å². The van der Waals surface area contributed by atoms with Crippen molar-refractivity contribution in [2.24, 2.45) is 0 Å². The zero-order chi connectivity index (χ0) is 13.9. The van der Waals surface area contributed by atoms with Crippen LogP contribution in [-0.2, 0) is 0 Å². The number of halogens is 1. The minimum atomic E-state index is 0.280. The number of likely N-dealkylation sites (N-methyl/N-ethyl adjacent to an activating group) is 1. The molecule has 1 aromatic heterocycles. The third-order valence-corrected chi connectivity index (χ3v) is 6.34. The van der Waals surface area contributed by atoms with E-state index in [0.29, 0.717) is 6.04 Å². The Morgan fingerprint density at radius 3 is 2.58 bits per heavy atom. The Morgan fingerprint density at radius 1 is 1.42 bits per heavy atom. The Balaban J connectivity index is 2.33. The molecule has 19 heavy (non-hydrogen) atoms. The largest absolute Gasteiger partial charge is 0.308 e. The SMILES string of the molecule is CCCNC(c1sccc1Br)C1(N(C)C)CCCC1. The van der Waals surface area contributed by atoms with Crippen LogP contribution in [0, 0.1) is 0 Å². The number of hydrogen-bond acceptors (Lipinski definition) is 3. The Morgan fingerprint density at radius 2 is 2.11 bits per heavy atom. The third-order valence-electron chi connectivity index (χ3n) is 4.40. The van der Waals surface area contributed by atoms with E-state index in [4.69, 9.17) is 0 Å². The highest BCUT2D eigenvalue weighted by Crippen LogP contribution is 2.46. The predicted octanol–water partition coefficient (Wildman–Crippen LogP) is 4.43. The first kappa shape index (κ1) is 15.5. The van der Waals surface area contributed by atoms with Gasteiger partial charge in [0.15, 0.2) is 0 Å². The van der Waals surface area contributed by atoms with E-state index in [1.54, 1.807) is 0 Å². The van der Waals surface area contributed by atoms with Crippen molar-refractivity contribution in [1.29, 1.82) is 0 Å². The lowest BCUT2D eigenvalue weighted by molar-refractivity contribution is 0.106. The van der Waals surface area contributed by atoms with Gasteiger partial charge in [0.05, 0.1) is 6.04 Å².